The van der Waals surface area contributed by atoms with Gasteiger partial charge in [-0.15, -0.1) is 11.6 Å². The van der Waals surface area contributed by atoms with Crippen LogP contribution in [0.15, 0.2) is 71.6 Å². The molecule has 3 aromatic rings. The van der Waals surface area contributed by atoms with Crippen molar-refractivity contribution in [1.29, 1.82) is 0 Å². The van der Waals surface area contributed by atoms with Crippen LogP contribution in [0, 0.1) is 25.5 Å². The summed E-state index contributed by atoms with van der Waals surface area (Å²) in [4.78, 5) is 27.1. The van der Waals surface area contributed by atoms with Crippen molar-refractivity contribution in [2.45, 2.75) is 76.2 Å². The molecule has 0 fully saturated rings. The Morgan fingerprint density at radius 1 is 0.935 bits per heavy atom. The third-order valence-electron chi connectivity index (χ3n) is 7.75. The number of esters is 2. The van der Waals surface area contributed by atoms with Gasteiger partial charge in [0, 0.05) is 11.8 Å². The molecule has 0 aliphatic heterocycles. The molecule has 12 heteroatoms. The molecule has 0 radical (unpaired) electrons. The van der Waals surface area contributed by atoms with Crippen LogP contribution in [0.25, 0.3) is 0 Å². The zero-order valence-corrected chi connectivity index (χ0v) is 28.5. The van der Waals surface area contributed by atoms with Gasteiger partial charge >= 0.3 is 11.9 Å². The Morgan fingerprint density at radius 2 is 1.54 bits per heavy atom. The van der Waals surface area contributed by atoms with Crippen molar-refractivity contribution in [3.8, 4) is 0 Å². The van der Waals surface area contributed by atoms with E-state index in [1.54, 1.807) is 65.0 Å². The Labute approximate surface area is 274 Å². The highest BCUT2D eigenvalue weighted by Gasteiger charge is 2.62. The van der Waals surface area contributed by atoms with Crippen LogP contribution in [0.1, 0.15) is 55.9 Å². The minimum Gasteiger partial charge on any atom is -0.468 e. The largest absolute Gasteiger partial charge is 0.468 e. The number of ether oxygens (including phenoxy) is 3. The SMILES string of the molecule is COC(=O)C(C(C)OCc1ccccc1)(C(CCl)c1c(F)ccc(C)c1C)N(CC(=O)OC(C)(C)C)S(=O)(=O)c1ccccc1F. The molecule has 8 nitrogen and oxygen atoms in total. The fraction of sp³-hybridized carbons (Fsp3) is 0.412. The van der Waals surface area contributed by atoms with Crippen LogP contribution in [0.3, 0.4) is 0 Å². The molecule has 3 unspecified atom stereocenters. The van der Waals surface area contributed by atoms with Crippen molar-refractivity contribution >= 4 is 33.6 Å². The van der Waals surface area contributed by atoms with Crippen LogP contribution in [0.5, 0.6) is 0 Å². The number of hydrogen-bond donors (Lipinski definition) is 0. The summed E-state index contributed by atoms with van der Waals surface area (Å²) in [5, 5.41) is 0. The van der Waals surface area contributed by atoms with E-state index < -0.39 is 74.1 Å². The van der Waals surface area contributed by atoms with Gasteiger partial charge in [-0.1, -0.05) is 48.5 Å². The van der Waals surface area contributed by atoms with E-state index >= 15 is 8.78 Å². The summed E-state index contributed by atoms with van der Waals surface area (Å²) in [5.41, 5.74) is -2.06. The number of hydrogen-bond acceptors (Lipinski definition) is 7. The summed E-state index contributed by atoms with van der Waals surface area (Å²) < 4.78 is 78.1. The average Bonchev–Trinajstić information content (AvgIpc) is 3.00. The minimum absolute atomic E-state index is 0.0894. The Kier molecular flexibility index (Phi) is 12.1. The van der Waals surface area contributed by atoms with Gasteiger partial charge in [-0.25, -0.2) is 22.0 Å². The first-order chi connectivity index (χ1) is 21.5. The number of aryl methyl sites for hydroxylation is 1. The van der Waals surface area contributed by atoms with Gasteiger partial charge in [-0.2, -0.15) is 4.31 Å². The molecule has 0 amide bonds. The quantitative estimate of drug-likeness (QED) is 0.151. The van der Waals surface area contributed by atoms with Gasteiger partial charge in [0.2, 0.25) is 10.0 Å². The second-order valence-corrected chi connectivity index (χ2v) is 14.0. The van der Waals surface area contributed by atoms with E-state index in [0.29, 0.717) is 21.0 Å². The van der Waals surface area contributed by atoms with Crippen LogP contribution in [-0.4, -0.2) is 61.4 Å². The third-order valence-corrected chi connectivity index (χ3v) is 9.96. The summed E-state index contributed by atoms with van der Waals surface area (Å²) in [6.45, 7) is 8.24. The third kappa shape index (κ3) is 7.76. The van der Waals surface area contributed by atoms with E-state index in [0.717, 1.165) is 19.2 Å². The normalized spacial score (nSPS) is 14.8. The number of halogens is 3. The topological polar surface area (TPSA) is 99.2 Å². The Hall–Kier alpha value is -3.38. The minimum atomic E-state index is -5.13. The van der Waals surface area contributed by atoms with Crippen molar-refractivity contribution in [3.05, 3.63) is 101 Å². The van der Waals surface area contributed by atoms with Crippen LogP contribution < -0.4 is 0 Å². The highest BCUT2D eigenvalue weighted by atomic mass is 35.5. The van der Waals surface area contributed by atoms with Crippen LogP contribution in [-0.2, 0) is 40.4 Å². The second kappa shape index (κ2) is 15.0. The molecular weight excluding hydrogens is 640 g/mol. The predicted molar refractivity (Wildman–Crippen MR) is 171 cm³/mol. The molecule has 0 bridgehead atoms. The molecule has 0 aromatic heterocycles. The van der Waals surface area contributed by atoms with Crippen molar-refractivity contribution in [2.24, 2.45) is 0 Å². The summed E-state index contributed by atoms with van der Waals surface area (Å²) in [6, 6.07) is 16.1. The standard InChI is InChI=1S/C34H40ClF2NO7S/c1-22-17-18-28(37)31(23(22)2)26(19-35)34(32(40)43-7,24(3)44-21-25-13-9-8-10-14-25)38(20-30(39)45-33(4,5)6)46(41,42)29-16-12-11-15-27(29)36/h8-18,24,26H,19-21H2,1-7H3. The Bertz CT molecular complexity index is 1650. The van der Waals surface area contributed by atoms with E-state index in [-0.39, 0.29) is 12.2 Å². The highest BCUT2D eigenvalue weighted by molar-refractivity contribution is 7.89. The maximum absolute atomic E-state index is 15.9. The number of carbonyl (C=O) groups is 2. The first-order valence-corrected chi connectivity index (χ1v) is 16.5. The number of nitrogens with zero attached hydrogens (tertiary/aromatic N) is 1. The molecule has 250 valence electrons. The van der Waals surface area contributed by atoms with Crippen LogP contribution in [0.4, 0.5) is 8.78 Å². The molecule has 0 aliphatic carbocycles. The van der Waals surface area contributed by atoms with E-state index in [2.05, 4.69) is 0 Å². The van der Waals surface area contributed by atoms with Crippen LogP contribution >= 0.6 is 11.6 Å². The molecule has 3 aromatic carbocycles. The van der Waals surface area contributed by atoms with E-state index in [1.807, 2.05) is 0 Å². The molecule has 0 N–H and O–H groups in total. The molecule has 3 rings (SSSR count). The summed E-state index contributed by atoms with van der Waals surface area (Å²) in [5.74, 6) is -6.25. The Morgan fingerprint density at radius 3 is 2.11 bits per heavy atom. The van der Waals surface area contributed by atoms with Gasteiger partial charge < -0.3 is 14.2 Å². The molecule has 46 heavy (non-hydrogen) atoms. The van der Waals surface area contributed by atoms with Crippen molar-refractivity contribution in [3.63, 3.8) is 0 Å². The number of rotatable bonds is 13. The van der Waals surface area contributed by atoms with Gasteiger partial charge in [-0.05, 0) is 82.0 Å². The summed E-state index contributed by atoms with van der Waals surface area (Å²) in [6.07, 6.45) is -1.47. The summed E-state index contributed by atoms with van der Waals surface area (Å²) >= 11 is 6.62. The van der Waals surface area contributed by atoms with E-state index in [9.17, 15) is 18.0 Å². The lowest BCUT2D eigenvalue weighted by atomic mass is 9.74. The molecule has 0 saturated carbocycles. The first-order valence-electron chi connectivity index (χ1n) is 14.6. The van der Waals surface area contributed by atoms with Crippen molar-refractivity contribution in [1.82, 2.24) is 4.31 Å². The monoisotopic (exact) mass is 679 g/mol. The fourth-order valence-electron chi connectivity index (χ4n) is 5.48. The number of sulfonamides is 1. The first kappa shape index (κ1) is 37.1. The zero-order valence-electron chi connectivity index (χ0n) is 27.0. The molecule has 0 saturated heterocycles. The smallest absolute Gasteiger partial charge is 0.330 e. The fourth-order valence-corrected chi connectivity index (χ4v) is 7.70. The van der Waals surface area contributed by atoms with E-state index in [1.165, 1.54) is 31.2 Å². The lowest BCUT2D eigenvalue weighted by molar-refractivity contribution is -0.169. The predicted octanol–water partition coefficient (Wildman–Crippen LogP) is 6.45. The number of carbonyl (C=O) groups excluding carboxylic acids is 2. The molecule has 0 aliphatic rings. The Balaban J connectivity index is 2.48. The second-order valence-electron chi connectivity index (χ2n) is 11.9. The van der Waals surface area contributed by atoms with Gasteiger partial charge in [0.05, 0.1) is 19.8 Å². The van der Waals surface area contributed by atoms with Gasteiger partial charge in [0.25, 0.3) is 0 Å². The lowest BCUT2D eigenvalue weighted by Crippen LogP contribution is -2.68. The van der Waals surface area contributed by atoms with Gasteiger partial charge in [0.15, 0.2) is 5.54 Å². The number of methoxy groups -OCH3 is 1. The molecule has 0 spiro atoms. The maximum atomic E-state index is 15.9. The van der Waals surface area contributed by atoms with E-state index in [4.69, 9.17) is 25.8 Å². The molecular formula is C34H40ClF2NO7S. The zero-order chi connectivity index (χ0) is 34.4. The highest BCUT2D eigenvalue weighted by Crippen LogP contribution is 2.45. The van der Waals surface area contributed by atoms with Crippen LogP contribution in [0.2, 0.25) is 0 Å². The molecule has 3 atom stereocenters. The molecule has 0 heterocycles. The number of alkyl halides is 1. The van der Waals surface area contributed by atoms with Gasteiger partial charge in [0.1, 0.15) is 28.7 Å². The summed E-state index contributed by atoms with van der Waals surface area (Å²) in [7, 11) is -4.11. The van der Waals surface area contributed by atoms with Gasteiger partial charge in [-0.3, -0.25) is 4.79 Å². The average molecular weight is 680 g/mol. The van der Waals surface area contributed by atoms with Crippen molar-refractivity contribution in [2.75, 3.05) is 19.5 Å². The maximum Gasteiger partial charge on any atom is 0.330 e. The lowest BCUT2D eigenvalue weighted by Gasteiger charge is -2.48. The number of benzene rings is 3. The van der Waals surface area contributed by atoms with Crippen molar-refractivity contribution < 1.29 is 41.0 Å².